The molecule has 0 aliphatic carbocycles. The number of amides is 1. The average molecular weight is 480 g/mol. The van der Waals surface area contributed by atoms with E-state index in [0.29, 0.717) is 17.3 Å². The number of nitrogens with zero attached hydrogens (tertiary/aromatic N) is 4. The SMILES string of the molecule is Cc1ccc(S(=O)(=O)N(C)C)cc1NC(=O)C(C)Sc1nnc(Cc2cccs2)n1C. The van der Waals surface area contributed by atoms with E-state index in [9.17, 15) is 13.2 Å². The van der Waals surface area contributed by atoms with Gasteiger partial charge in [-0.15, -0.1) is 21.5 Å². The second-order valence-electron chi connectivity index (χ2n) is 7.23. The molecule has 0 spiro atoms. The van der Waals surface area contributed by atoms with Crippen LogP contribution >= 0.6 is 23.1 Å². The molecule has 1 N–H and O–H groups in total. The van der Waals surface area contributed by atoms with E-state index in [4.69, 9.17) is 0 Å². The minimum Gasteiger partial charge on any atom is -0.325 e. The molecule has 2 aromatic heterocycles. The van der Waals surface area contributed by atoms with Gasteiger partial charge in [-0.3, -0.25) is 4.79 Å². The molecule has 1 unspecified atom stereocenters. The zero-order valence-electron chi connectivity index (χ0n) is 18.0. The lowest BCUT2D eigenvalue weighted by Crippen LogP contribution is -2.25. The number of aryl methyl sites for hydroxylation is 1. The van der Waals surface area contributed by atoms with Crippen molar-refractivity contribution < 1.29 is 13.2 Å². The zero-order chi connectivity index (χ0) is 22.8. The van der Waals surface area contributed by atoms with Gasteiger partial charge in [-0.2, -0.15) is 0 Å². The second kappa shape index (κ2) is 9.51. The summed E-state index contributed by atoms with van der Waals surface area (Å²) in [6, 6.07) is 8.76. The topological polar surface area (TPSA) is 97.2 Å². The van der Waals surface area contributed by atoms with Crippen molar-refractivity contribution in [2.75, 3.05) is 19.4 Å². The Morgan fingerprint density at radius 3 is 2.68 bits per heavy atom. The van der Waals surface area contributed by atoms with E-state index in [1.165, 1.54) is 42.9 Å². The van der Waals surface area contributed by atoms with Gasteiger partial charge in [-0.05, 0) is 43.0 Å². The summed E-state index contributed by atoms with van der Waals surface area (Å²) in [6.45, 7) is 3.60. The fourth-order valence-electron chi connectivity index (χ4n) is 2.72. The van der Waals surface area contributed by atoms with Gasteiger partial charge in [-0.25, -0.2) is 12.7 Å². The Morgan fingerprint density at radius 1 is 1.29 bits per heavy atom. The van der Waals surface area contributed by atoms with E-state index in [-0.39, 0.29) is 10.8 Å². The van der Waals surface area contributed by atoms with E-state index < -0.39 is 15.3 Å². The lowest BCUT2D eigenvalue weighted by atomic mass is 10.2. The first-order valence-electron chi connectivity index (χ1n) is 9.51. The molecule has 11 heteroatoms. The van der Waals surface area contributed by atoms with Crippen LogP contribution in [0.2, 0.25) is 0 Å². The number of nitrogens with one attached hydrogen (secondary N) is 1. The summed E-state index contributed by atoms with van der Waals surface area (Å²) >= 11 is 2.97. The summed E-state index contributed by atoms with van der Waals surface area (Å²) < 4.78 is 27.8. The minimum absolute atomic E-state index is 0.130. The van der Waals surface area contributed by atoms with Crippen LogP contribution < -0.4 is 5.32 Å². The molecule has 0 aliphatic heterocycles. The molecular weight excluding hydrogens is 454 g/mol. The first-order chi connectivity index (χ1) is 14.6. The van der Waals surface area contributed by atoms with E-state index in [0.717, 1.165) is 15.7 Å². The first kappa shape index (κ1) is 23.5. The number of rotatable bonds is 8. The molecule has 31 heavy (non-hydrogen) atoms. The van der Waals surface area contributed by atoms with Crippen LogP contribution in [0.4, 0.5) is 5.69 Å². The molecule has 0 bridgehead atoms. The average Bonchev–Trinajstić information content (AvgIpc) is 3.35. The van der Waals surface area contributed by atoms with Crippen molar-refractivity contribution in [2.45, 2.75) is 35.6 Å². The lowest BCUT2D eigenvalue weighted by Gasteiger charge is -2.16. The Morgan fingerprint density at radius 2 is 2.03 bits per heavy atom. The third-order valence-electron chi connectivity index (χ3n) is 4.73. The fraction of sp³-hybridized carbons (Fsp3) is 0.350. The summed E-state index contributed by atoms with van der Waals surface area (Å²) in [5.41, 5.74) is 1.25. The lowest BCUT2D eigenvalue weighted by molar-refractivity contribution is -0.115. The third kappa shape index (κ3) is 5.35. The van der Waals surface area contributed by atoms with E-state index >= 15 is 0 Å². The number of aromatic nitrogens is 3. The second-order valence-corrected chi connectivity index (χ2v) is 11.7. The molecule has 3 aromatic rings. The highest BCUT2D eigenvalue weighted by Gasteiger charge is 2.22. The summed E-state index contributed by atoms with van der Waals surface area (Å²) in [5, 5.41) is 13.5. The maximum absolute atomic E-state index is 12.8. The molecule has 0 aliphatic rings. The molecule has 0 saturated heterocycles. The van der Waals surface area contributed by atoms with Gasteiger partial charge in [0, 0.05) is 38.1 Å². The maximum Gasteiger partial charge on any atom is 0.242 e. The van der Waals surface area contributed by atoms with Crippen molar-refractivity contribution in [3.8, 4) is 0 Å². The number of hydrogen-bond donors (Lipinski definition) is 1. The van der Waals surface area contributed by atoms with Crippen molar-refractivity contribution in [3.05, 3.63) is 52.0 Å². The van der Waals surface area contributed by atoms with Gasteiger partial charge >= 0.3 is 0 Å². The predicted molar refractivity (Wildman–Crippen MR) is 124 cm³/mol. The van der Waals surface area contributed by atoms with Crippen molar-refractivity contribution in [2.24, 2.45) is 7.05 Å². The predicted octanol–water partition coefficient (Wildman–Crippen LogP) is 3.15. The Bertz CT molecular complexity index is 1170. The van der Waals surface area contributed by atoms with Crippen LogP contribution in [0.1, 0.15) is 23.2 Å². The Balaban J connectivity index is 1.71. The van der Waals surface area contributed by atoms with Crippen molar-refractivity contribution >= 4 is 44.7 Å². The normalized spacial score (nSPS) is 12.8. The minimum atomic E-state index is -3.59. The molecular formula is C20H25N5O3S3. The Labute approximate surface area is 190 Å². The largest absolute Gasteiger partial charge is 0.325 e. The van der Waals surface area contributed by atoms with Gasteiger partial charge in [0.1, 0.15) is 5.82 Å². The van der Waals surface area contributed by atoms with Crippen molar-refractivity contribution in [1.82, 2.24) is 19.1 Å². The number of carbonyl (C=O) groups excluding carboxylic acids is 1. The van der Waals surface area contributed by atoms with Crippen molar-refractivity contribution in [1.29, 1.82) is 0 Å². The zero-order valence-corrected chi connectivity index (χ0v) is 20.4. The van der Waals surface area contributed by atoms with Gasteiger partial charge in [0.05, 0.1) is 10.1 Å². The summed E-state index contributed by atoms with van der Waals surface area (Å²) in [4.78, 5) is 14.1. The van der Waals surface area contributed by atoms with Gasteiger partial charge in [0.15, 0.2) is 5.16 Å². The van der Waals surface area contributed by atoms with Gasteiger partial charge in [0.2, 0.25) is 15.9 Å². The Hall–Kier alpha value is -2.21. The standard InChI is InChI=1S/C20H25N5O3S3/c1-13-8-9-16(31(27,28)24(3)4)12-17(13)21-19(26)14(2)30-20-23-22-18(25(20)5)11-15-7-6-10-29-15/h6-10,12,14H,11H2,1-5H3,(H,21,26). The number of anilines is 1. The summed E-state index contributed by atoms with van der Waals surface area (Å²) in [5.74, 6) is 0.588. The van der Waals surface area contributed by atoms with Gasteiger partial charge < -0.3 is 9.88 Å². The molecule has 2 heterocycles. The monoisotopic (exact) mass is 479 g/mol. The molecule has 1 aromatic carbocycles. The van der Waals surface area contributed by atoms with Crippen LogP contribution in [0, 0.1) is 6.92 Å². The van der Waals surface area contributed by atoms with Gasteiger partial charge in [-0.1, -0.05) is 23.9 Å². The first-order valence-corrected chi connectivity index (χ1v) is 12.7. The van der Waals surface area contributed by atoms with E-state index in [1.807, 2.05) is 30.0 Å². The molecule has 0 saturated carbocycles. The van der Waals surface area contributed by atoms with E-state index in [2.05, 4.69) is 21.6 Å². The van der Waals surface area contributed by atoms with Crippen LogP contribution in [-0.2, 0) is 28.3 Å². The number of thioether (sulfide) groups is 1. The molecule has 1 atom stereocenters. The third-order valence-corrected chi connectivity index (χ3v) is 8.56. The molecule has 0 fully saturated rings. The van der Waals surface area contributed by atoms with Crippen LogP contribution in [0.5, 0.6) is 0 Å². The summed E-state index contributed by atoms with van der Waals surface area (Å²) in [7, 11) is 1.24. The highest BCUT2D eigenvalue weighted by Crippen LogP contribution is 2.26. The molecule has 1 amide bonds. The molecule has 8 nitrogen and oxygen atoms in total. The van der Waals surface area contributed by atoms with Crippen LogP contribution in [0.15, 0.2) is 45.8 Å². The van der Waals surface area contributed by atoms with Gasteiger partial charge in [0.25, 0.3) is 0 Å². The van der Waals surface area contributed by atoms with Crippen LogP contribution in [0.3, 0.4) is 0 Å². The molecule has 0 radical (unpaired) electrons. The number of sulfonamides is 1. The smallest absolute Gasteiger partial charge is 0.242 e. The Kier molecular flexibility index (Phi) is 7.20. The number of thiophene rings is 1. The highest BCUT2D eigenvalue weighted by atomic mass is 32.2. The maximum atomic E-state index is 12.8. The molecule has 3 rings (SSSR count). The van der Waals surface area contributed by atoms with Crippen LogP contribution in [0.25, 0.3) is 0 Å². The number of benzene rings is 1. The molecule has 166 valence electrons. The van der Waals surface area contributed by atoms with Crippen LogP contribution in [-0.4, -0.2) is 52.7 Å². The number of hydrogen-bond acceptors (Lipinski definition) is 7. The quantitative estimate of drug-likeness (QED) is 0.499. The van der Waals surface area contributed by atoms with Crippen molar-refractivity contribution in [3.63, 3.8) is 0 Å². The van der Waals surface area contributed by atoms with E-state index in [1.54, 1.807) is 24.3 Å². The summed E-state index contributed by atoms with van der Waals surface area (Å²) in [6.07, 6.45) is 0.689. The fourth-order valence-corrected chi connectivity index (χ4v) is 5.19. The highest BCUT2D eigenvalue weighted by molar-refractivity contribution is 8.00. The number of carbonyl (C=O) groups is 1.